The zero-order valence-electron chi connectivity index (χ0n) is 67.6. The highest BCUT2D eigenvalue weighted by Crippen LogP contribution is 2.25. The summed E-state index contributed by atoms with van der Waals surface area (Å²) in [5, 5.41) is 26.8. The van der Waals surface area contributed by atoms with Gasteiger partial charge < -0.3 is 75.1 Å². The second-order valence-electron chi connectivity index (χ2n) is 32.0. The van der Waals surface area contributed by atoms with Crippen molar-refractivity contribution < 1.29 is 77.0 Å². The molecule has 29 nitrogen and oxygen atoms in total. The second kappa shape index (κ2) is 43.8. The number of nitrogens with one attached hydrogen (secondary N) is 4. The lowest BCUT2D eigenvalue weighted by Gasteiger charge is -2.39. The summed E-state index contributed by atoms with van der Waals surface area (Å²) in [5.74, 6) is -11.2. The number of likely N-dealkylation sites (N-methyl/N-ethyl adjacent to an activating group) is 6. The van der Waals surface area contributed by atoms with E-state index in [1.54, 1.807) is 49.1 Å². The van der Waals surface area contributed by atoms with Gasteiger partial charge in [-0.15, -0.1) is 0 Å². The molecule has 2 saturated heterocycles. The highest BCUT2D eigenvalue weighted by Gasteiger charge is 2.45. The number of hydrogen-bond donors (Lipinski definition) is 5. The molecule has 0 aliphatic carbocycles. The predicted molar refractivity (Wildman–Crippen MR) is 406 cm³/mol. The molecule has 0 saturated carbocycles. The van der Waals surface area contributed by atoms with E-state index in [1.807, 2.05) is 76.2 Å². The Morgan fingerprint density at radius 3 is 1.49 bits per heavy atom. The maximum Gasteiger partial charge on any atom is 0.335 e. The van der Waals surface area contributed by atoms with Gasteiger partial charge in [0.2, 0.25) is 70.9 Å². The number of hydrogen-bond acceptors (Lipinski definition) is 17. The van der Waals surface area contributed by atoms with E-state index in [4.69, 9.17) is 9.57 Å². The average Bonchev–Trinajstić information content (AvgIpc) is 1.21. The molecule has 3 heterocycles. The second-order valence-corrected chi connectivity index (χ2v) is 32.0. The first-order valence-corrected chi connectivity index (χ1v) is 38.6. The Hall–Kier alpha value is -8.08. The third-order valence-electron chi connectivity index (χ3n) is 20.2. The molecule has 2 unspecified atom stereocenters. The van der Waals surface area contributed by atoms with Crippen molar-refractivity contribution in [2.45, 2.75) is 260 Å². The molecule has 602 valence electrons. The van der Waals surface area contributed by atoms with Gasteiger partial charge in [-0.05, 0) is 119 Å². The van der Waals surface area contributed by atoms with Gasteiger partial charge in [-0.25, -0.2) is 4.79 Å². The molecule has 0 spiro atoms. The predicted octanol–water partition coefficient (Wildman–Crippen LogP) is 4.54. The molecule has 2 fully saturated rings. The van der Waals surface area contributed by atoms with Gasteiger partial charge in [0.05, 0.1) is 38.0 Å². The van der Waals surface area contributed by atoms with E-state index >= 15 is 47.9 Å². The van der Waals surface area contributed by atoms with E-state index in [9.17, 15) is 19.5 Å². The SMILES string of the molecule is CCCCN1CC(=O)N(C)[C@@H](CC(C)C)C(=O)N[C@H](C(=O)N2CCCCC2)CC(=O)N(C)[C@@H](CC(C)C)C(=O)NC(COCC2=NOC(=O)CCC2)C(=O)N(C)[C@@H](CC(C)C)C(=O)N(C)[C@@H](CC(C)C)C(=O)N[C@@H](C(C)C)C(=O)N(C)[C@@H](Cc2ccccc2)C(=O)N(C)[C@@H](CC(C)C)C(=O)N[C@@H](C(C)O)C1=O. The van der Waals surface area contributed by atoms with Crippen molar-refractivity contribution in [3.63, 3.8) is 0 Å². The quantitative estimate of drug-likeness (QED) is 0.0995. The molecule has 107 heavy (non-hydrogen) atoms. The van der Waals surface area contributed by atoms with Gasteiger partial charge in [-0.1, -0.05) is 132 Å². The van der Waals surface area contributed by atoms with Crippen molar-refractivity contribution in [1.82, 2.24) is 60.5 Å². The summed E-state index contributed by atoms with van der Waals surface area (Å²) in [6.45, 7) is 24.3. The summed E-state index contributed by atoms with van der Waals surface area (Å²) in [6.07, 6.45) is 1.88. The number of carbonyl (C=O) groups excluding carboxylic acids is 13. The minimum absolute atomic E-state index is 0.0239. The molecular weight excluding hydrogens is 1370 g/mol. The van der Waals surface area contributed by atoms with Crippen molar-refractivity contribution in [2.75, 3.05) is 81.7 Å². The van der Waals surface area contributed by atoms with Crippen LogP contribution in [0, 0.1) is 35.5 Å². The first-order chi connectivity index (χ1) is 50.2. The first-order valence-electron chi connectivity index (χ1n) is 38.6. The summed E-state index contributed by atoms with van der Waals surface area (Å²) in [7, 11) is 8.46. The summed E-state index contributed by atoms with van der Waals surface area (Å²) in [4.78, 5) is 210. The normalized spacial score (nSPS) is 25.2. The van der Waals surface area contributed by atoms with Crippen LogP contribution in [0.1, 0.15) is 192 Å². The van der Waals surface area contributed by atoms with E-state index in [-0.39, 0.29) is 87.7 Å². The topological polar surface area (TPSA) is 347 Å². The van der Waals surface area contributed by atoms with Crippen molar-refractivity contribution in [1.29, 1.82) is 0 Å². The summed E-state index contributed by atoms with van der Waals surface area (Å²) >= 11 is 0. The molecule has 1 aromatic carbocycles. The molecule has 0 radical (unpaired) electrons. The highest BCUT2D eigenvalue weighted by molar-refractivity contribution is 6.00. The number of benzene rings is 1. The Kier molecular flexibility index (Phi) is 37.4. The third kappa shape index (κ3) is 27.5. The average molecular weight is 1500 g/mol. The molecule has 0 aromatic heterocycles. The number of aliphatic hydroxyl groups excluding tert-OH is 1. The van der Waals surface area contributed by atoms with Crippen molar-refractivity contribution >= 4 is 82.6 Å². The van der Waals surface area contributed by atoms with Crippen LogP contribution in [0.4, 0.5) is 0 Å². The van der Waals surface area contributed by atoms with E-state index in [1.165, 1.54) is 78.6 Å². The third-order valence-corrected chi connectivity index (χ3v) is 20.2. The van der Waals surface area contributed by atoms with Crippen LogP contribution in [0.5, 0.6) is 0 Å². The van der Waals surface area contributed by atoms with Crippen LogP contribution in [0.15, 0.2) is 35.5 Å². The molecule has 3 aliphatic rings. The Bertz CT molecular complexity index is 3190. The van der Waals surface area contributed by atoms with Crippen LogP contribution in [0.2, 0.25) is 0 Å². The molecule has 0 bridgehead atoms. The fourth-order valence-electron chi connectivity index (χ4n) is 13.6. The number of nitrogens with zero attached hydrogens (tertiary/aromatic N) is 9. The minimum Gasteiger partial charge on any atom is -0.391 e. The van der Waals surface area contributed by atoms with Crippen molar-refractivity contribution in [3.05, 3.63) is 35.9 Å². The first kappa shape index (κ1) is 91.3. The smallest absolute Gasteiger partial charge is 0.335 e. The number of amides is 12. The van der Waals surface area contributed by atoms with Gasteiger partial charge in [-0.2, -0.15) is 0 Å². The number of aliphatic hydroxyl groups is 1. The molecule has 12 amide bonds. The van der Waals surface area contributed by atoms with Crippen LogP contribution < -0.4 is 21.3 Å². The van der Waals surface area contributed by atoms with Gasteiger partial charge in [-0.3, -0.25) is 57.5 Å². The lowest BCUT2D eigenvalue weighted by molar-refractivity contribution is -0.152. The van der Waals surface area contributed by atoms with Gasteiger partial charge >= 0.3 is 5.97 Å². The zero-order valence-corrected chi connectivity index (χ0v) is 67.6. The zero-order chi connectivity index (χ0) is 80.4. The summed E-state index contributed by atoms with van der Waals surface area (Å²) < 4.78 is 6.14. The molecular formula is C78H129N13O16. The largest absolute Gasteiger partial charge is 0.391 e. The number of unbranched alkanes of at least 4 members (excludes halogenated alkanes) is 1. The fraction of sp³-hybridized carbons (Fsp3) is 0.744. The van der Waals surface area contributed by atoms with E-state index in [0.717, 1.165) is 11.3 Å². The molecule has 4 rings (SSSR count). The maximum atomic E-state index is 15.5. The van der Waals surface area contributed by atoms with Crippen LogP contribution in [0.25, 0.3) is 0 Å². The van der Waals surface area contributed by atoms with Gasteiger partial charge in [0, 0.05) is 74.8 Å². The van der Waals surface area contributed by atoms with Gasteiger partial charge in [0.1, 0.15) is 60.4 Å². The number of piperidine rings is 1. The van der Waals surface area contributed by atoms with Crippen LogP contribution in [0.3, 0.4) is 0 Å². The lowest BCUT2D eigenvalue weighted by atomic mass is 9.95. The molecule has 29 heteroatoms. The summed E-state index contributed by atoms with van der Waals surface area (Å²) in [6, 6.07) is -4.99. The van der Waals surface area contributed by atoms with Crippen LogP contribution in [-0.2, 0) is 78.3 Å². The fourth-order valence-corrected chi connectivity index (χ4v) is 13.6. The van der Waals surface area contributed by atoms with Crippen LogP contribution >= 0.6 is 0 Å². The highest BCUT2D eigenvalue weighted by atomic mass is 16.7. The maximum absolute atomic E-state index is 15.5. The van der Waals surface area contributed by atoms with Gasteiger partial charge in [0.15, 0.2) is 0 Å². The number of carbonyl (C=O) groups is 13. The number of ether oxygens (including phenoxy) is 1. The Balaban J connectivity index is 2.03. The summed E-state index contributed by atoms with van der Waals surface area (Å²) in [5.41, 5.74) is 0.993. The number of rotatable bonds is 22. The van der Waals surface area contributed by atoms with Gasteiger partial charge in [0.25, 0.3) is 0 Å². The molecule has 5 N–H and O–H groups in total. The van der Waals surface area contributed by atoms with Crippen molar-refractivity contribution in [3.8, 4) is 0 Å². The van der Waals surface area contributed by atoms with E-state index < -0.39 is 169 Å². The van der Waals surface area contributed by atoms with E-state index in [0.29, 0.717) is 62.9 Å². The molecule has 1 aromatic rings. The number of oxime groups is 1. The van der Waals surface area contributed by atoms with Crippen molar-refractivity contribution in [2.24, 2.45) is 40.7 Å². The standard InChI is InChI=1S/C78H129N13O16/c1-21-22-34-91-44-65(94)85(16)59(38-48(4)5)69(96)79-56(74(101)90-35-27-24-28-36-90)43-64(93)84(15)58(37-47(2)3)70(97)80-57(46-106-45-55-32-29-33-66(95)107-83-55)73(100)88(19)62(41-51(10)11)75(102)86(17)60(39-49(6)7)71(98)81-67(52(12)13)77(104)89(20)63(42-54-30-25-23-26-31-54)76(103)87(18)61(40-50(8)9)72(99)82-68(53(14)92)78(91)105/h23,25-26,30-31,47-53,56-63,67-68,92H,21-22,24,27-29,32-46H2,1-20H3,(H,79,96)(H,80,97)(H,81,98)(H,82,99)/t53?,56-,57?,58-,59-,60-,61-,62-,63-,67-,68-/m0/s1. The molecule has 3 aliphatic heterocycles. The Labute approximate surface area is 635 Å². The lowest BCUT2D eigenvalue weighted by Crippen LogP contribution is -2.63. The monoisotopic (exact) mass is 1500 g/mol. The Morgan fingerprint density at radius 2 is 0.981 bits per heavy atom. The molecule has 11 atom stereocenters. The van der Waals surface area contributed by atoms with Crippen LogP contribution in [-0.4, -0.2) is 275 Å². The Morgan fingerprint density at radius 1 is 0.523 bits per heavy atom. The number of likely N-dealkylation sites (tertiary alicyclic amines) is 1. The minimum atomic E-state index is -1.67. The van der Waals surface area contributed by atoms with E-state index in [2.05, 4.69) is 26.4 Å².